The van der Waals surface area contributed by atoms with Gasteiger partial charge in [-0.2, -0.15) is 0 Å². The smallest absolute Gasteiger partial charge is 0.262 e. The average molecular weight is 427 g/mol. The molecule has 2 aromatic carbocycles. The summed E-state index contributed by atoms with van der Waals surface area (Å²) in [5.41, 5.74) is 1.14. The summed E-state index contributed by atoms with van der Waals surface area (Å²) in [6, 6.07) is 13.0. The summed E-state index contributed by atoms with van der Waals surface area (Å²) < 4.78 is 20.5. The first-order valence-electron chi connectivity index (χ1n) is 10.1. The maximum Gasteiger partial charge on any atom is 0.262 e. The molecule has 0 aliphatic carbocycles. The summed E-state index contributed by atoms with van der Waals surface area (Å²) in [5.74, 6) is 0.288. The van der Waals surface area contributed by atoms with Gasteiger partial charge in [0, 0.05) is 24.3 Å². The second-order valence-corrected chi connectivity index (χ2v) is 8.41. The molecule has 1 saturated heterocycles. The number of carbonyl (C=O) groups excluding carboxylic acids is 1. The molecule has 156 valence electrons. The van der Waals surface area contributed by atoms with Crippen LogP contribution in [0.25, 0.3) is 10.9 Å². The van der Waals surface area contributed by atoms with E-state index in [2.05, 4.69) is 0 Å². The monoisotopic (exact) mass is 426 g/mol. The van der Waals surface area contributed by atoms with E-state index >= 15 is 0 Å². The molecule has 0 spiro atoms. The molecule has 1 aromatic heterocycles. The molecule has 0 radical (unpaired) electrons. The fourth-order valence-corrected chi connectivity index (χ4v) is 4.53. The fourth-order valence-electron chi connectivity index (χ4n) is 3.59. The molecule has 0 saturated carbocycles. The number of ether oxygens (including phenoxy) is 1. The Morgan fingerprint density at radius 1 is 1.20 bits per heavy atom. The summed E-state index contributed by atoms with van der Waals surface area (Å²) >= 11 is 1.48. The molecule has 5 nitrogen and oxygen atoms in total. The van der Waals surface area contributed by atoms with Crippen molar-refractivity contribution < 1.29 is 13.9 Å². The minimum Gasteiger partial charge on any atom is -0.376 e. The van der Waals surface area contributed by atoms with Gasteiger partial charge in [0.1, 0.15) is 5.82 Å². The number of ketones is 1. The van der Waals surface area contributed by atoms with E-state index in [1.807, 2.05) is 18.2 Å². The number of hydrogen-bond acceptors (Lipinski definition) is 5. The number of halogens is 1. The maximum atomic E-state index is 13.1. The summed E-state index contributed by atoms with van der Waals surface area (Å²) in [6.45, 7) is 1.22. The normalized spacial score (nSPS) is 16.2. The number of nitrogens with zero attached hydrogens (tertiary/aromatic N) is 2. The number of benzene rings is 2. The van der Waals surface area contributed by atoms with Crippen molar-refractivity contribution in [3.63, 3.8) is 0 Å². The number of para-hydroxylation sites is 1. The highest BCUT2D eigenvalue weighted by Crippen LogP contribution is 2.22. The van der Waals surface area contributed by atoms with Crippen LogP contribution in [0.15, 0.2) is 58.5 Å². The number of carbonyl (C=O) groups is 1. The third-order valence-electron chi connectivity index (χ3n) is 5.18. The van der Waals surface area contributed by atoms with Crippen LogP contribution in [0.3, 0.4) is 0 Å². The van der Waals surface area contributed by atoms with Gasteiger partial charge < -0.3 is 4.74 Å². The Hall–Kier alpha value is -2.51. The van der Waals surface area contributed by atoms with Gasteiger partial charge in [0.05, 0.1) is 23.6 Å². The Bertz CT molecular complexity index is 1090. The topological polar surface area (TPSA) is 61.2 Å². The first-order valence-corrected chi connectivity index (χ1v) is 11.1. The quantitative estimate of drug-likeness (QED) is 0.230. The van der Waals surface area contributed by atoms with Gasteiger partial charge >= 0.3 is 0 Å². The molecule has 0 unspecified atom stereocenters. The molecule has 1 atom stereocenters. The lowest BCUT2D eigenvalue weighted by Gasteiger charge is -2.16. The molecule has 30 heavy (non-hydrogen) atoms. The molecular formula is C23H23FN2O3S. The van der Waals surface area contributed by atoms with Crippen LogP contribution in [0.5, 0.6) is 0 Å². The van der Waals surface area contributed by atoms with Crippen LogP contribution in [-0.4, -0.2) is 33.8 Å². The van der Waals surface area contributed by atoms with Gasteiger partial charge in [-0.25, -0.2) is 9.37 Å². The Morgan fingerprint density at radius 2 is 2.00 bits per heavy atom. The SMILES string of the molecule is O=C(CCCSc1nc2ccccc2c(=O)n1C[C@@H]1CCCO1)c1ccc(F)cc1. The van der Waals surface area contributed by atoms with Crippen molar-refractivity contribution in [3.8, 4) is 0 Å². The van der Waals surface area contributed by atoms with E-state index in [1.165, 1.54) is 36.0 Å². The van der Waals surface area contributed by atoms with E-state index in [4.69, 9.17) is 9.72 Å². The van der Waals surface area contributed by atoms with E-state index in [-0.39, 0.29) is 23.3 Å². The van der Waals surface area contributed by atoms with Gasteiger partial charge in [0.25, 0.3) is 5.56 Å². The predicted molar refractivity (Wildman–Crippen MR) is 116 cm³/mol. The number of hydrogen-bond donors (Lipinski definition) is 0. The third-order valence-corrected chi connectivity index (χ3v) is 6.25. The van der Waals surface area contributed by atoms with Crippen LogP contribution in [0.2, 0.25) is 0 Å². The highest BCUT2D eigenvalue weighted by atomic mass is 32.2. The summed E-state index contributed by atoms with van der Waals surface area (Å²) in [5, 5.41) is 1.26. The minimum atomic E-state index is -0.353. The van der Waals surface area contributed by atoms with Crippen molar-refractivity contribution in [1.82, 2.24) is 9.55 Å². The molecule has 2 heterocycles. The van der Waals surface area contributed by atoms with Crippen LogP contribution in [0, 0.1) is 5.82 Å². The number of thioether (sulfide) groups is 1. The lowest BCUT2D eigenvalue weighted by Crippen LogP contribution is -2.28. The zero-order valence-corrected chi connectivity index (χ0v) is 17.4. The number of fused-ring (bicyclic) bond motifs is 1. The zero-order valence-electron chi connectivity index (χ0n) is 16.6. The van der Waals surface area contributed by atoms with E-state index in [9.17, 15) is 14.0 Å². The average Bonchev–Trinajstić information content (AvgIpc) is 3.27. The van der Waals surface area contributed by atoms with Gasteiger partial charge in [-0.1, -0.05) is 23.9 Å². The first kappa shape index (κ1) is 20.8. The van der Waals surface area contributed by atoms with E-state index in [0.29, 0.717) is 46.8 Å². The predicted octanol–water partition coefficient (Wildman–Crippen LogP) is 4.47. The van der Waals surface area contributed by atoms with Crippen LogP contribution in [0.4, 0.5) is 4.39 Å². The Kier molecular flexibility index (Phi) is 6.59. The molecule has 0 amide bonds. The van der Waals surface area contributed by atoms with Crippen LogP contribution in [-0.2, 0) is 11.3 Å². The molecule has 1 aliphatic heterocycles. The lowest BCUT2D eigenvalue weighted by atomic mass is 10.1. The van der Waals surface area contributed by atoms with Crippen LogP contribution >= 0.6 is 11.8 Å². The van der Waals surface area contributed by atoms with Crippen molar-refractivity contribution in [2.45, 2.75) is 43.5 Å². The first-order chi connectivity index (χ1) is 14.6. The summed E-state index contributed by atoms with van der Waals surface area (Å²) in [7, 11) is 0. The number of aromatic nitrogens is 2. The fraction of sp³-hybridized carbons (Fsp3) is 0.348. The number of Topliss-reactive ketones (excluding diaryl/α,β-unsaturated/α-hetero) is 1. The molecular weight excluding hydrogens is 403 g/mol. The largest absolute Gasteiger partial charge is 0.376 e. The minimum absolute atomic E-state index is 0.0150. The van der Waals surface area contributed by atoms with Crippen molar-refractivity contribution >= 4 is 28.4 Å². The van der Waals surface area contributed by atoms with Crippen molar-refractivity contribution in [2.75, 3.05) is 12.4 Å². The van der Waals surface area contributed by atoms with Crippen molar-refractivity contribution in [1.29, 1.82) is 0 Å². The second-order valence-electron chi connectivity index (χ2n) is 7.34. The van der Waals surface area contributed by atoms with Crippen LogP contribution < -0.4 is 5.56 Å². The molecule has 7 heteroatoms. The van der Waals surface area contributed by atoms with Crippen molar-refractivity contribution in [3.05, 3.63) is 70.3 Å². The highest BCUT2D eigenvalue weighted by molar-refractivity contribution is 7.99. The Labute approximate surface area is 178 Å². The molecule has 1 fully saturated rings. The van der Waals surface area contributed by atoms with Crippen molar-refractivity contribution in [2.24, 2.45) is 0 Å². The van der Waals surface area contributed by atoms with Crippen LogP contribution in [0.1, 0.15) is 36.0 Å². The molecule has 1 aliphatic rings. The maximum absolute atomic E-state index is 13.1. The second kappa shape index (κ2) is 9.53. The van der Waals surface area contributed by atoms with Gasteiger partial charge in [-0.05, 0) is 55.7 Å². The summed E-state index contributed by atoms with van der Waals surface area (Å²) in [6.07, 6.45) is 2.99. The van der Waals surface area contributed by atoms with E-state index in [0.717, 1.165) is 19.4 Å². The molecule has 3 aromatic rings. The highest BCUT2D eigenvalue weighted by Gasteiger charge is 2.20. The van der Waals surface area contributed by atoms with Gasteiger partial charge in [0.2, 0.25) is 0 Å². The van der Waals surface area contributed by atoms with E-state index in [1.54, 1.807) is 10.6 Å². The van der Waals surface area contributed by atoms with Gasteiger partial charge in [0.15, 0.2) is 10.9 Å². The third kappa shape index (κ3) is 4.79. The Morgan fingerprint density at radius 3 is 2.77 bits per heavy atom. The number of rotatable bonds is 8. The van der Waals surface area contributed by atoms with Gasteiger partial charge in [-0.3, -0.25) is 14.2 Å². The molecule has 0 N–H and O–H groups in total. The summed E-state index contributed by atoms with van der Waals surface area (Å²) in [4.78, 5) is 30.0. The Balaban J connectivity index is 1.46. The van der Waals surface area contributed by atoms with Gasteiger partial charge in [-0.15, -0.1) is 0 Å². The lowest BCUT2D eigenvalue weighted by molar-refractivity contribution is 0.0937. The molecule has 0 bridgehead atoms. The van der Waals surface area contributed by atoms with E-state index < -0.39 is 0 Å². The standard InChI is InChI=1S/C23H23FN2O3S/c24-17-11-9-16(10-12-17)21(27)8-4-14-30-23-25-20-7-2-1-6-19(20)22(28)26(23)15-18-5-3-13-29-18/h1-2,6-7,9-12,18H,3-5,8,13-15H2/t18-/m0/s1. The molecule has 4 rings (SSSR count). The zero-order chi connectivity index (χ0) is 20.9.